The van der Waals surface area contributed by atoms with Gasteiger partial charge in [0.2, 0.25) is 5.91 Å². The van der Waals surface area contributed by atoms with Crippen molar-refractivity contribution in [3.8, 4) is 11.5 Å². The number of aromatic carboxylic acids is 1. The van der Waals surface area contributed by atoms with Crippen LogP contribution in [0.5, 0.6) is 11.5 Å². The van der Waals surface area contributed by atoms with Gasteiger partial charge in [-0.25, -0.2) is 9.59 Å². The molecule has 0 radical (unpaired) electrons. The van der Waals surface area contributed by atoms with Crippen LogP contribution in [-0.2, 0) is 11.2 Å². The number of para-hydroxylation sites is 2. The largest absolute Gasteiger partial charge is 0.495 e. The molecule has 1 aliphatic rings. The molecule has 9 nitrogen and oxygen atoms in total. The van der Waals surface area contributed by atoms with Crippen molar-refractivity contribution in [2.45, 2.75) is 32.2 Å². The summed E-state index contributed by atoms with van der Waals surface area (Å²) in [6.07, 6.45) is 2.00. The first kappa shape index (κ1) is 26.5. The molecule has 3 aromatic carbocycles. The SMILES string of the molecule is COc1ccccc1NC(=O)Nc1ccc(CC(=O)N2CCC[C@H]2COc2ccc(C(=O)O)cc2)cc1C. The molecular formula is C29H31N3O6. The molecule has 3 amide bonds. The Labute approximate surface area is 221 Å². The molecule has 4 rings (SSSR count). The zero-order chi connectivity index (χ0) is 27.1. The summed E-state index contributed by atoms with van der Waals surface area (Å²) in [4.78, 5) is 38.5. The second-order valence-electron chi connectivity index (χ2n) is 9.13. The van der Waals surface area contributed by atoms with Gasteiger partial charge in [0.1, 0.15) is 18.1 Å². The van der Waals surface area contributed by atoms with E-state index in [1.165, 1.54) is 12.1 Å². The van der Waals surface area contributed by atoms with Gasteiger partial charge in [-0.15, -0.1) is 0 Å². The molecule has 0 aromatic heterocycles. The maximum Gasteiger partial charge on any atom is 0.335 e. The van der Waals surface area contributed by atoms with E-state index in [1.54, 1.807) is 37.4 Å². The number of carbonyl (C=O) groups is 3. The van der Waals surface area contributed by atoms with Gasteiger partial charge in [0.25, 0.3) is 0 Å². The van der Waals surface area contributed by atoms with Crippen molar-refractivity contribution in [2.75, 3.05) is 30.9 Å². The van der Waals surface area contributed by atoms with E-state index < -0.39 is 5.97 Å². The smallest absolute Gasteiger partial charge is 0.335 e. The Morgan fingerprint density at radius 1 is 1.00 bits per heavy atom. The van der Waals surface area contributed by atoms with Gasteiger partial charge in [0, 0.05) is 12.2 Å². The Morgan fingerprint density at radius 3 is 2.45 bits per heavy atom. The van der Waals surface area contributed by atoms with Crippen molar-refractivity contribution < 1.29 is 29.0 Å². The summed E-state index contributed by atoms with van der Waals surface area (Å²) in [7, 11) is 1.54. The number of nitrogens with zero attached hydrogens (tertiary/aromatic N) is 1. The van der Waals surface area contributed by atoms with Gasteiger partial charge < -0.3 is 30.1 Å². The molecule has 198 valence electrons. The van der Waals surface area contributed by atoms with Gasteiger partial charge >= 0.3 is 12.0 Å². The van der Waals surface area contributed by atoms with Crippen molar-refractivity contribution in [2.24, 2.45) is 0 Å². The van der Waals surface area contributed by atoms with Gasteiger partial charge in [-0.1, -0.05) is 24.3 Å². The molecule has 0 unspecified atom stereocenters. The first-order valence-corrected chi connectivity index (χ1v) is 12.4. The molecule has 1 atom stereocenters. The highest BCUT2D eigenvalue weighted by atomic mass is 16.5. The van der Waals surface area contributed by atoms with E-state index in [0.29, 0.717) is 36.0 Å². The number of ether oxygens (including phenoxy) is 2. The number of rotatable bonds is 9. The van der Waals surface area contributed by atoms with Gasteiger partial charge in [0.15, 0.2) is 0 Å². The fraction of sp³-hybridized carbons (Fsp3) is 0.276. The predicted octanol–water partition coefficient (Wildman–Crippen LogP) is 4.96. The van der Waals surface area contributed by atoms with Crippen LogP contribution in [0.2, 0.25) is 0 Å². The standard InChI is InChI=1S/C29H31N3O6/c1-19-16-20(9-14-24(19)30-29(36)31-25-7-3-4-8-26(25)37-2)17-27(33)32-15-5-6-22(32)18-38-23-12-10-21(11-13-23)28(34)35/h3-4,7-14,16,22H,5-6,15,17-18H2,1-2H3,(H,34,35)(H2,30,31,36)/t22-/m0/s1. The maximum absolute atomic E-state index is 13.1. The van der Waals surface area contributed by atoms with Gasteiger partial charge in [-0.3, -0.25) is 4.79 Å². The molecule has 1 heterocycles. The summed E-state index contributed by atoms with van der Waals surface area (Å²) in [6.45, 7) is 2.91. The van der Waals surface area contributed by atoms with Crippen LogP contribution in [0.15, 0.2) is 66.7 Å². The number of carbonyl (C=O) groups excluding carboxylic acids is 2. The van der Waals surface area contributed by atoms with Crippen molar-refractivity contribution >= 4 is 29.3 Å². The van der Waals surface area contributed by atoms with E-state index >= 15 is 0 Å². The van der Waals surface area contributed by atoms with Crippen LogP contribution in [0, 0.1) is 6.92 Å². The summed E-state index contributed by atoms with van der Waals surface area (Å²) in [6, 6.07) is 18.5. The van der Waals surface area contributed by atoms with Crippen LogP contribution in [-0.4, -0.2) is 54.2 Å². The average molecular weight is 518 g/mol. The van der Waals surface area contributed by atoms with Crippen LogP contribution in [0.25, 0.3) is 0 Å². The highest BCUT2D eigenvalue weighted by Gasteiger charge is 2.29. The lowest BCUT2D eigenvalue weighted by Crippen LogP contribution is -2.39. The monoisotopic (exact) mass is 517 g/mol. The molecule has 1 saturated heterocycles. The number of hydrogen-bond acceptors (Lipinski definition) is 5. The van der Waals surface area contributed by atoms with E-state index in [1.807, 2.05) is 36.1 Å². The second kappa shape index (κ2) is 12.1. The van der Waals surface area contributed by atoms with Gasteiger partial charge in [-0.05, 0) is 73.4 Å². The number of amides is 3. The number of carboxylic acid groups (broad SMARTS) is 1. The number of hydrogen-bond donors (Lipinski definition) is 3. The Kier molecular flexibility index (Phi) is 8.47. The number of benzene rings is 3. The minimum atomic E-state index is -0.987. The zero-order valence-corrected chi connectivity index (χ0v) is 21.4. The van der Waals surface area contributed by atoms with Crippen molar-refractivity contribution in [1.29, 1.82) is 0 Å². The molecule has 1 fully saturated rings. The van der Waals surface area contributed by atoms with E-state index in [-0.39, 0.29) is 30.0 Å². The number of carboxylic acids is 1. The Morgan fingerprint density at radius 2 is 1.74 bits per heavy atom. The fourth-order valence-electron chi connectivity index (χ4n) is 4.50. The third-order valence-corrected chi connectivity index (χ3v) is 6.49. The van der Waals surface area contributed by atoms with Crippen LogP contribution in [0.3, 0.4) is 0 Å². The first-order chi connectivity index (χ1) is 18.3. The summed E-state index contributed by atoms with van der Waals surface area (Å²) in [5, 5.41) is 14.7. The van der Waals surface area contributed by atoms with Crippen LogP contribution in [0.1, 0.15) is 34.3 Å². The maximum atomic E-state index is 13.1. The Bertz CT molecular complexity index is 1310. The Balaban J connectivity index is 1.31. The van der Waals surface area contributed by atoms with Gasteiger partial charge in [0.05, 0.1) is 30.8 Å². The van der Waals surface area contributed by atoms with Crippen molar-refractivity contribution in [3.63, 3.8) is 0 Å². The summed E-state index contributed by atoms with van der Waals surface area (Å²) in [5.41, 5.74) is 3.11. The number of aryl methyl sites for hydroxylation is 1. The first-order valence-electron chi connectivity index (χ1n) is 12.4. The molecule has 9 heteroatoms. The molecule has 3 aromatic rings. The summed E-state index contributed by atoms with van der Waals surface area (Å²) in [5.74, 6) is 0.170. The third kappa shape index (κ3) is 6.61. The van der Waals surface area contributed by atoms with Gasteiger partial charge in [-0.2, -0.15) is 0 Å². The van der Waals surface area contributed by atoms with Crippen molar-refractivity contribution in [1.82, 2.24) is 4.90 Å². The van der Waals surface area contributed by atoms with Crippen LogP contribution >= 0.6 is 0 Å². The van der Waals surface area contributed by atoms with E-state index in [4.69, 9.17) is 14.6 Å². The summed E-state index contributed by atoms with van der Waals surface area (Å²) < 4.78 is 11.1. The molecule has 1 aliphatic heterocycles. The molecular weight excluding hydrogens is 486 g/mol. The quantitative estimate of drug-likeness (QED) is 0.369. The fourth-order valence-corrected chi connectivity index (χ4v) is 4.50. The molecule has 38 heavy (non-hydrogen) atoms. The number of nitrogens with one attached hydrogen (secondary N) is 2. The third-order valence-electron chi connectivity index (χ3n) is 6.49. The lowest BCUT2D eigenvalue weighted by atomic mass is 10.1. The highest BCUT2D eigenvalue weighted by Crippen LogP contribution is 2.25. The minimum absolute atomic E-state index is 0.0198. The van der Waals surface area contributed by atoms with Crippen LogP contribution in [0.4, 0.5) is 16.2 Å². The van der Waals surface area contributed by atoms with Crippen molar-refractivity contribution in [3.05, 3.63) is 83.4 Å². The highest BCUT2D eigenvalue weighted by molar-refractivity contribution is 6.01. The molecule has 0 bridgehead atoms. The lowest BCUT2D eigenvalue weighted by Gasteiger charge is -2.25. The normalized spacial score (nSPS) is 14.6. The Hall–Kier alpha value is -4.53. The molecule has 0 saturated carbocycles. The van der Waals surface area contributed by atoms with E-state index in [0.717, 1.165) is 24.0 Å². The zero-order valence-electron chi connectivity index (χ0n) is 21.4. The van der Waals surface area contributed by atoms with E-state index in [2.05, 4.69) is 10.6 Å². The average Bonchev–Trinajstić information content (AvgIpc) is 3.38. The summed E-state index contributed by atoms with van der Waals surface area (Å²) >= 11 is 0. The predicted molar refractivity (Wildman–Crippen MR) is 144 cm³/mol. The van der Waals surface area contributed by atoms with E-state index in [9.17, 15) is 14.4 Å². The topological polar surface area (TPSA) is 117 Å². The molecule has 0 aliphatic carbocycles. The molecule has 3 N–H and O–H groups in total. The lowest BCUT2D eigenvalue weighted by molar-refractivity contribution is -0.131. The number of likely N-dealkylation sites (tertiary alicyclic amines) is 1. The molecule has 0 spiro atoms. The number of anilines is 2. The minimum Gasteiger partial charge on any atom is -0.495 e. The second-order valence-corrected chi connectivity index (χ2v) is 9.13. The van der Waals surface area contributed by atoms with Crippen LogP contribution < -0.4 is 20.1 Å². The number of methoxy groups -OCH3 is 1. The number of urea groups is 1.